The summed E-state index contributed by atoms with van der Waals surface area (Å²) in [5.74, 6) is 1.14. The average molecular weight is 687 g/mol. The zero-order valence-corrected chi connectivity index (χ0v) is 31.5. The zero-order valence-electron chi connectivity index (χ0n) is 31.5. The summed E-state index contributed by atoms with van der Waals surface area (Å²) >= 11 is 0. The molecule has 0 spiro atoms. The highest BCUT2D eigenvalue weighted by atomic mass is 16.6. The van der Waals surface area contributed by atoms with Crippen LogP contribution in [0.5, 0.6) is 11.8 Å². The number of rotatable bonds is 5. The lowest BCUT2D eigenvalue weighted by Gasteiger charge is -2.44. The highest BCUT2D eigenvalue weighted by Gasteiger charge is 2.34. The summed E-state index contributed by atoms with van der Waals surface area (Å²) in [5, 5.41) is 3.38. The second-order valence-electron chi connectivity index (χ2n) is 14.6. The van der Waals surface area contributed by atoms with E-state index in [1.54, 1.807) is 24.1 Å². The van der Waals surface area contributed by atoms with Crippen molar-refractivity contribution in [2.45, 2.75) is 111 Å². The van der Waals surface area contributed by atoms with Gasteiger partial charge in [0.1, 0.15) is 11.2 Å². The smallest absolute Gasteiger partial charge is 0.410 e. The molecule has 0 aromatic carbocycles. The van der Waals surface area contributed by atoms with Crippen LogP contribution in [0, 0.1) is 0 Å². The normalized spacial score (nSPS) is 21.2. The summed E-state index contributed by atoms with van der Waals surface area (Å²) in [5.41, 5.74) is 0.824. The van der Waals surface area contributed by atoms with Gasteiger partial charge in [-0.05, 0) is 80.9 Å². The molecule has 0 radical (unpaired) electrons. The van der Waals surface area contributed by atoms with Gasteiger partial charge < -0.3 is 34.1 Å². The molecule has 2 amide bonds. The lowest BCUT2D eigenvalue weighted by Crippen LogP contribution is -2.58. The molecule has 2 aliphatic heterocycles. The molecule has 2 aromatic heterocycles. The van der Waals surface area contributed by atoms with Crippen LogP contribution in [0.25, 0.3) is 0 Å². The van der Waals surface area contributed by atoms with Crippen molar-refractivity contribution in [2.75, 3.05) is 40.4 Å². The molecule has 4 rings (SSSR count). The number of hydrogen-bond donors (Lipinski definition) is 1. The van der Waals surface area contributed by atoms with Gasteiger partial charge in [-0.3, -0.25) is 9.69 Å². The third kappa shape index (κ3) is 15.0. The van der Waals surface area contributed by atoms with Crippen molar-refractivity contribution >= 4 is 18.5 Å². The molecule has 4 heterocycles. The van der Waals surface area contributed by atoms with Gasteiger partial charge in [0.05, 0.1) is 14.2 Å². The molecule has 2 aliphatic rings. The highest BCUT2D eigenvalue weighted by molar-refractivity contribution is 5.74. The monoisotopic (exact) mass is 686 g/mol. The lowest BCUT2D eigenvalue weighted by atomic mass is 10.1. The quantitative estimate of drug-likeness (QED) is 0.404. The van der Waals surface area contributed by atoms with Crippen molar-refractivity contribution in [1.82, 2.24) is 30.0 Å². The number of methoxy groups -OCH3 is 2. The first kappa shape index (κ1) is 41.2. The summed E-state index contributed by atoms with van der Waals surface area (Å²) in [6, 6.07) is 8.38. The zero-order chi connectivity index (χ0) is 36.9. The van der Waals surface area contributed by atoms with Gasteiger partial charge in [0, 0.05) is 87.0 Å². The topological polar surface area (TPSA) is 136 Å². The molecule has 13 heteroatoms. The first-order chi connectivity index (χ1) is 22.8. The fraction of sp³-hybridized carbons (Fsp3) is 0.639. The van der Waals surface area contributed by atoms with Gasteiger partial charge in [0.2, 0.25) is 11.8 Å². The Morgan fingerprint density at radius 3 is 1.57 bits per heavy atom. The Balaban J connectivity index is 0.000000283. The van der Waals surface area contributed by atoms with E-state index >= 15 is 0 Å². The van der Waals surface area contributed by atoms with E-state index in [2.05, 4.69) is 47.9 Å². The van der Waals surface area contributed by atoms with Crippen LogP contribution in [-0.4, -0.2) is 119 Å². The number of amides is 2. The van der Waals surface area contributed by atoms with E-state index < -0.39 is 11.2 Å². The number of aromatic nitrogens is 2. The Hall–Kier alpha value is -3.97. The molecule has 274 valence electrons. The average Bonchev–Trinajstić information content (AvgIpc) is 3.01. The number of aldehydes is 1. The molecule has 2 fully saturated rings. The molecule has 4 atom stereocenters. The van der Waals surface area contributed by atoms with Gasteiger partial charge in [0.15, 0.2) is 6.29 Å². The third-order valence-electron chi connectivity index (χ3n) is 7.44. The fourth-order valence-electron chi connectivity index (χ4n) is 5.36. The molecule has 0 unspecified atom stereocenters. The first-order valence-corrected chi connectivity index (χ1v) is 16.8. The Morgan fingerprint density at radius 2 is 1.20 bits per heavy atom. The minimum Gasteiger partial charge on any atom is -0.481 e. The predicted molar refractivity (Wildman–Crippen MR) is 189 cm³/mol. The van der Waals surface area contributed by atoms with E-state index in [0.29, 0.717) is 42.5 Å². The second kappa shape index (κ2) is 18.7. The van der Waals surface area contributed by atoms with Crippen LogP contribution in [0.2, 0.25) is 0 Å². The summed E-state index contributed by atoms with van der Waals surface area (Å²) in [6.07, 6.45) is 3.62. The standard InChI is InChI=1S/C18H29N3O3.C11H22N2O2.C7H7NO2/c1-13-10-20(17(22)24-18(3,4)5)11-14(2)21(13)12-15-7-8-16(23-6)19-9-15;1-8-6-13(7-9(2)12-8)10(14)15-11(3,4)5;1-10-7-3-2-6(5-9)4-8-7/h7-9,13-14H,10-12H2,1-6H3;8-9,12H,6-7H2,1-5H3;2-5H,1H3/t13-,14+;8-,9+;. The lowest BCUT2D eigenvalue weighted by molar-refractivity contribution is -0.00972. The maximum atomic E-state index is 12.3. The van der Waals surface area contributed by atoms with Gasteiger partial charge in [-0.25, -0.2) is 19.6 Å². The Bertz CT molecular complexity index is 1290. The molecule has 0 bridgehead atoms. The van der Waals surface area contributed by atoms with E-state index in [1.807, 2.05) is 64.8 Å². The van der Waals surface area contributed by atoms with Crippen LogP contribution in [0.1, 0.15) is 85.2 Å². The molecule has 0 aliphatic carbocycles. The summed E-state index contributed by atoms with van der Waals surface area (Å²) < 4.78 is 20.7. The van der Waals surface area contributed by atoms with Crippen molar-refractivity contribution in [3.63, 3.8) is 0 Å². The van der Waals surface area contributed by atoms with Crippen LogP contribution in [0.15, 0.2) is 36.7 Å². The summed E-state index contributed by atoms with van der Waals surface area (Å²) in [4.78, 5) is 48.3. The predicted octanol–water partition coefficient (Wildman–Crippen LogP) is 5.43. The second-order valence-corrected chi connectivity index (χ2v) is 14.6. The SMILES string of the molecule is COc1ccc(C=O)cn1.COc1ccc(CN2[C@H](C)CN(C(=O)OC(C)(C)C)C[C@@H]2C)cn1.C[C@@H]1CN(C(=O)OC(C)(C)C)C[C@H](C)N1. The van der Waals surface area contributed by atoms with Gasteiger partial charge in [-0.15, -0.1) is 0 Å². The maximum absolute atomic E-state index is 12.3. The van der Waals surface area contributed by atoms with Gasteiger partial charge >= 0.3 is 12.2 Å². The molecule has 49 heavy (non-hydrogen) atoms. The Morgan fingerprint density at radius 1 is 0.755 bits per heavy atom. The van der Waals surface area contributed by atoms with Crippen LogP contribution in [-0.2, 0) is 16.0 Å². The summed E-state index contributed by atoms with van der Waals surface area (Å²) in [6.45, 7) is 23.4. The molecule has 1 N–H and O–H groups in total. The number of nitrogens with zero attached hydrogens (tertiary/aromatic N) is 5. The Labute approximate surface area is 292 Å². The van der Waals surface area contributed by atoms with E-state index in [1.165, 1.54) is 13.3 Å². The van der Waals surface area contributed by atoms with Crippen LogP contribution >= 0.6 is 0 Å². The van der Waals surface area contributed by atoms with Crippen LogP contribution < -0.4 is 14.8 Å². The molecule has 13 nitrogen and oxygen atoms in total. The minimum atomic E-state index is -0.463. The number of piperazine rings is 2. The molecular weight excluding hydrogens is 628 g/mol. The fourth-order valence-corrected chi connectivity index (χ4v) is 5.36. The van der Waals surface area contributed by atoms with Crippen molar-refractivity contribution in [3.8, 4) is 11.8 Å². The summed E-state index contributed by atoms with van der Waals surface area (Å²) in [7, 11) is 3.14. The highest BCUT2D eigenvalue weighted by Crippen LogP contribution is 2.21. The molecular formula is C36H58N6O7. The van der Waals surface area contributed by atoms with Crippen molar-refractivity contribution in [2.24, 2.45) is 0 Å². The number of carbonyl (C=O) groups excluding carboxylic acids is 3. The number of hydrogen-bond acceptors (Lipinski definition) is 11. The number of pyridine rings is 2. The van der Waals surface area contributed by atoms with Crippen LogP contribution in [0.4, 0.5) is 9.59 Å². The largest absolute Gasteiger partial charge is 0.481 e. The number of carbonyl (C=O) groups is 3. The Kier molecular flexibility index (Phi) is 15.7. The molecule has 2 aromatic rings. The number of nitrogens with one attached hydrogen (secondary N) is 1. The molecule has 0 saturated carbocycles. The van der Waals surface area contributed by atoms with E-state index in [9.17, 15) is 14.4 Å². The number of ether oxygens (including phenoxy) is 4. The van der Waals surface area contributed by atoms with E-state index in [4.69, 9.17) is 18.9 Å². The van der Waals surface area contributed by atoms with Crippen molar-refractivity contribution in [1.29, 1.82) is 0 Å². The van der Waals surface area contributed by atoms with Gasteiger partial charge in [-0.2, -0.15) is 0 Å². The van der Waals surface area contributed by atoms with Crippen molar-refractivity contribution < 1.29 is 33.3 Å². The maximum Gasteiger partial charge on any atom is 0.410 e. The first-order valence-electron chi connectivity index (χ1n) is 16.8. The minimum absolute atomic E-state index is 0.206. The van der Waals surface area contributed by atoms with Gasteiger partial charge in [0.25, 0.3) is 0 Å². The molecule has 2 saturated heterocycles. The van der Waals surface area contributed by atoms with Crippen molar-refractivity contribution in [3.05, 3.63) is 47.8 Å². The van der Waals surface area contributed by atoms with E-state index in [-0.39, 0.29) is 24.3 Å². The third-order valence-corrected chi connectivity index (χ3v) is 7.44. The van der Waals surface area contributed by atoms with Gasteiger partial charge in [-0.1, -0.05) is 6.07 Å². The van der Waals surface area contributed by atoms with Crippen LogP contribution in [0.3, 0.4) is 0 Å². The van der Waals surface area contributed by atoms with E-state index in [0.717, 1.165) is 31.5 Å².